The molecule has 2 heteroatoms. The molecule has 2 heterocycles. The lowest BCUT2D eigenvalue weighted by Gasteiger charge is -2.38. The topological polar surface area (TPSA) is 15.6 Å². The Morgan fingerprint density at radius 2 is 2.00 bits per heavy atom. The van der Waals surface area contributed by atoms with Crippen LogP contribution in [0.2, 0.25) is 0 Å². The summed E-state index contributed by atoms with van der Waals surface area (Å²) in [4.78, 5) is 7.01. The Kier molecular flexibility index (Phi) is 3.48. The van der Waals surface area contributed by atoms with E-state index >= 15 is 0 Å². The molecule has 0 bridgehead atoms. The summed E-state index contributed by atoms with van der Waals surface area (Å²) in [6, 6.07) is 0. The third kappa shape index (κ3) is 2.94. The van der Waals surface area contributed by atoms with Crippen molar-refractivity contribution >= 4 is 5.71 Å². The van der Waals surface area contributed by atoms with E-state index < -0.39 is 0 Å². The van der Waals surface area contributed by atoms with Gasteiger partial charge < -0.3 is 0 Å². The van der Waals surface area contributed by atoms with E-state index in [0.717, 1.165) is 19.0 Å². The molecule has 2 rings (SSSR count). The maximum atomic E-state index is 4.46. The molecule has 2 aliphatic heterocycles. The molecule has 16 heavy (non-hydrogen) atoms. The average Bonchev–Trinajstić information content (AvgIpc) is 2.70. The summed E-state index contributed by atoms with van der Waals surface area (Å²) in [5, 5.41) is 0. The van der Waals surface area contributed by atoms with Gasteiger partial charge in [0.25, 0.3) is 0 Å². The minimum absolute atomic E-state index is 0.483. The second-order valence-corrected chi connectivity index (χ2v) is 6.15. The van der Waals surface area contributed by atoms with Crippen molar-refractivity contribution in [1.82, 2.24) is 4.90 Å². The van der Waals surface area contributed by atoms with Crippen LogP contribution < -0.4 is 0 Å². The number of piperidine rings is 1. The predicted molar refractivity (Wildman–Crippen MR) is 70.1 cm³/mol. The Hall–Kier alpha value is -0.630. The minimum atomic E-state index is 0.483. The van der Waals surface area contributed by atoms with Gasteiger partial charge in [0.15, 0.2) is 0 Å². The van der Waals surface area contributed by atoms with Gasteiger partial charge in [0.2, 0.25) is 0 Å². The highest BCUT2D eigenvalue weighted by molar-refractivity contribution is 5.98. The van der Waals surface area contributed by atoms with Crippen molar-refractivity contribution in [1.29, 1.82) is 0 Å². The number of hydrogen-bond acceptors (Lipinski definition) is 2. The fraction of sp³-hybridized carbons (Fsp3) is 0.786. The predicted octanol–water partition coefficient (Wildman–Crippen LogP) is 2.76. The third-order valence-electron chi connectivity index (χ3n) is 3.91. The molecule has 0 aliphatic carbocycles. The molecule has 0 unspecified atom stereocenters. The second-order valence-electron chi connectivity index (χ2n) is 6.15. The number of likely N-dealkylation sites (tertiary alicyclic amines) is 1. The quantitative estimate of drug-likeness (QED) is 0.698. The highest BCUT2D eigenvalue weighted by Crippen LogP contribution is 2.34. The summed E-state index contributed by atoms with van der Waals surface area (Å²) in [5.74, 6) is 0.893. The zero-order valence-electron chi connectivity index (χ0n) is 10.9. The van der Waals surface area contributed by atoms with Crippen LogP contribution in [-0.4, -0.2) is 36.8 Å². The molecular weight excluding hydrogens is 196 g/mol. The van der Waals surface area contributed by atoms with Crippen LogP contribution in [0.25, 0.3) is 0 Å². The summed E-state index contributed by atoms with van der Waals surface area (Å²) in [7, 11) is 0. The summed E-state index contributed by atoms with van der Waals surface area (Å²) >= 11 is 0. The Bertz CT molecular complexity index is 288. The molecule has 1 fully saturated rings. The standard InChI is InChI=1S/C14H24N2/c1-14(2,3)12-6-9-16(10-7-12)11-13-5-4-8-15-13/h4-5,12H,6-11H2,1-3H3. The molecule has 0 aromatic carbocycles. The van der Waals surface area contributed by atoms with E-state index in [1.54, 1.807) is 0 Å². The molecule has 0 radical (unpaired) electrons. The van der Waals surface area contributed by atoms with Crippen LogP contribution in [0, 0.1) is 11.3 Å². The SMILES string of the molecule is CC(C)(C)C1CCN(CC2=NCC=C2)CC1. The van der Waals surface area contributed by atoms with Gasteiger partial charge in [-0.25, -0.2) is 0 Å². The van der Waals surface area contributed by atoms with Crippen molar-refractivity contribution in [3.63, 3.8) is 0 Å². The molecule has 0 N–H and O–H groups in total. The van der Waals surface area contributed by atoms with Crippen molar-refractivity contribution in [2.75, 3.05) is 26.2 Å². The summed E-state index contributed by atoms with van der Waals surface area (Å²) in [6.45, 7) is 11.6. The third-order valence-corrected chi connectivity index (χ3v) is 3.91. The molecular formula is C14H24N2. The van der Waals surface area contributed by atoms with Crippen molar-refractivity contribution in [3.8, 4) is 0 Å². The van der Waals surface area contributed by atoms with Gasteiger partial charge >= 0.3 is 0 Å². The molecule has 90 valence electrons. The molecule has 0 atom stereocenters. The van der Waals surface area contributed by atoms with E-state index in [-0.39, 0.29) is 0 Å². The molecule has 2 nitrogen and oxygen atoms in total. The second kappa shape index (κ2) is 4.70. The van der Waals surface area contributed by atoms with Crippen LogP contribution >= 0.6 is 0 Å². The maximum absolute atomic E-state index is 4.46. The van der Waals surface area contributed by atoms with E-state index in [2.05, 4.69) is 42.8 Å². The lowest BCUT2D eigenvalue weighted by atomic mass is 9.75. The molecule has 2 aliphatic rings. The van der Waals surface area contributed by atoms with Crippen molar-refractivity contribution in [2.45, 2.75) is 33.6 Å². The van der Waals surface area contributed by atoms with Crippen LogP contribution in [-0.2, 0) is 0 Å². The zero-order valence-corrected chi connectivity index (χ0v) is 10.9. The van der Waals surface area contributed by atoms with Gasteiger partial charge in [-0.15, -0.1) is 0 Å². The van der Waals surface area contributed by atoms with Gasteiger partial charge in [-0.1, -0.05) is 26.8 Å². The van der Waals surface area contributed by atoms with Gasteiger partial charge in [0.1, 0.15) is 0 Å². The Morgan fingerprint density at radius 1 is 1.31 bits per heavy atom. The largest absolute Gasteiger partial charge is 0.298 e. The average molecular weight is 220 g/mol. The van der Waals surface area contributed by atoms with E-state index in [0.29, 0.717) is 5.41 Å². The molecule has 0 aromatic heterocycles. The first-order chi connectivity index (χ1) is 7.55. The molecule has 1 saturated heterocycles. The van der Waals surface area contributed by atoms with Gasteiger partial charge in [-0.05, 0) is 43.3 Å². The Morgan fingerprint density at radius 3 is 2.50 bits per heavy atom. The number of rotatable bonds is 2. The van der Waals surface area contributed by atoms with E-state index in [9.17, 15) is 0 Å². The van der Waals surface area contributed by atoms with Gasteiger partial charge in [-0.3, -0.25) is 9.89 Å². The smallest absolute Gasteiger partial charge is 0.0577 e. The van der Waals surface area contributed by atoms with Crippen LogP contribution in [0.4, 0.5) is 0 Å². The highest BCUT2D eigenvalue weighted by Gasteiger charge is 2.28. The molecule has 0 spiro atoms. The number of aliphatic imine (C=N–C) groups is 1. The maximum Gasteiger partial charge on any atom is 0.0577 e. The van der Waals surface area contributed by atoms with E-state index in [1.165, 1.54) is 31.6 Å². The molecule has 0 aromatic rings. The normalized spacial score (nSPS) is 23.8. The van der Waals surface area contributed by atoms with Crippen LogP contribution in [0.1, 0.15) is 33.6 Å². The monoisotopic (exact) mass is 220 g/mol. The van der Waals surface area contributed by atoms with Gasteiger partial charge in [0.05, 0.1) is 6.54 Å². The summed E-state index contributed by atoms with van der Waals surface area (Å²) < 4.78 is 0. The number of nitrogens with zero attached hydrogens (tertiary/aromatic N) is 2. The first-order valence-corrected chi connectivity index (χ1v) is 6.48. The fourth-order valence-corrected chi connectivity index (χ4v) is 2.70. The highest BCUT2D eigenvalue weighted by atomic mass is 15.1. The van der Waals surface area contributed by atoms with Crippen LogP contribution in [0.3, 0.4) is 0 Å². The first-order valence-electron chi connectivity index (χ1n) is 6.48. The van der Waals surface area contributed by atoms with Crippen LogP contribution in [0.5, 0.6) is 0 Å². The Labute approximate surface area is 99.4 Å². The van der Waals surface area contributed by atoms with Gasteiger partial charge in [-0.2, -0.15) is 0 Å². The van der Waals surface area contributed by atoms with Crippen molar-refractivity contribution in [2.24, 2.45) is 16.3 Å². The van der Waals surface area contributed by atoms with Crippen molar-refractivity contribution in [3.05, 3.63) is 12.2 Å². The van der Waals surface area contributed by atoms with E-state index in [1.807, 2.05) is 0 Å². The minimum Gasteiger partial charge on any atom is -0.298 e. The number of hydrogen-bond donors (Lipinski definition) is 0. The summed E-state index contributed by atoms with van der Waals surface area (Å²) in [6.07, 6.45) is 7.02. The summed E-state index contributed by atoms with van der Waals surface area (Å²) in [5.41, 5.74) is 1.76. The molecule has 0 amide bonds. The first kappa shape index (κ1) is 11.8. The van der Waals surface area contributed by atoms with Crippen molar-refractivity contribution < 1.29 is 0 Å². The molecule has 0 saturated carbocycles. The Balaban J connectivity index is 1.79. The van der Waals surface area contributed by atoms with E-state index in [4.69, 9.17) is 0 Å². The fourth-order valence-electron chi connectivity index (χ4n) is 2.70. The van der Waals surface area contributed by atoms with Gasteiger partial charge in [0, 0.05) is 12.3 Å². The lowest BCUT2D eigenvalue weighted by Crippen LogP contribution is -2.40. The lowest BCUT2D eigenvalue weighted by molar-refractivity contribution is 0.122. The van der Waals surface area contributed by atoms with Crippen LogP contribution in [0.15, 0.2) is 17.1 Å². The zero-order chi connectivity index (χ0) is 11.6.